The first-order valence-corrected chi connectivity index (χ1v) is 7.03. The Bertz CT molecular complexity index is 239. The number of hydrogen-bond donors (Lipinski definition) is 0. The molecule has 1 heterocycles. The number of rotatable bonds is 7. The zero-order valence-electron chi connectivity index (χ0n) is 11.8. The first-order valence-electron chi connectivity index (χ1n) is 7.03. The number of hydrogen-bond acceptors (Lipinski definition) is 3. The van der Waals surface area contributed by atoms with Crippen molar-refractivity contribution in [1.29, 1.82) is 0 Å². The Kier molecular flexibility index (Phi) is 5.60. The molecule has 100 valence electrons. The molecule has 1 unspecified atom stereocenters. The van der Waals surface area contributed by atoms with Crippen molar-refractivity contribution in [3.63, 3.8) is 0 Å². The summed E-state index contributed by atoms with van der Waals surface area (Å²) < 4.78 is 5.37. The van der Waals surface area contributed by atoms with Crippen LogP contribution in [0.4, 0.5) is 0 Å². The van der Waals surface area contributed by atoms with E-state index in [0.717, 1.165) is 39.0 Å². The molecule has 1 saturated heterocycles. The molecule has 1 aliphatic rings. The highest BCUT2D eigenvalue weighted by Gasteiger charge is 2.43. The van der Waals surface area contributed by atoms with E-state index in [-0.39, 0.29) is 11.5 Å². The minimum absolute atomic E-state index is 0.121. The van der Waals surface area contributed by atoms with Crippen LogP contribution in [0.15, 0.2) is 0 Å². The number of likely N-dealkylation sites (N-methyl/N-ethyl adjacent to an activating group) is 1. The summed E-state index contributed by atoms with van der Waals surface area (Å²) in [4.78, 5) is 15.1. The smallest absolute Gasteiger partial charge is 0.158 e. The van der Waals surface area contributed by atoms with Gasteiger partial charge in [0.05, 0.1) is 12.1 Å². The highest BCUT2D eigenvalue weighted by atomic mass is 16.5. The highest BCUT2D eigenvalue weighted by Crippen LogP contribution is 2.31. The predicted octanol–water partition coefficient (Wildman–Crippen LogP) is 2.49. The number of ketones is 1. The zero-order chi connectivity index (χ0) is 12.9. The van der Waals surface area contributed by atoms with Gasteiger partial charge in [-0.15, -0.1) is 0 Å². The Labute approximate surface area is 106 Å². The SMILES string of the molecule is CCN(CC)C(CC)(CC)C(=O)C1CCOC1. The van der Waals surface area contributed by atoms with Crippen molar-refractivity contribution in [3.05, 3.63) is 0 Å². The number of nitrogens with zero attached hydrogens (tertiary/aromatic N) is 1. The first kappa shape index (κ1) is 14.7. The van der Waals surface area contributed by atoms with Gasteiger partial charge in [-0.1, -0.05) is 27.7 Å². The van der Waals surface area contributed by atoms with Gasteiger partial charge in [0.1, 0.15) is 0 Å². The molecular weight excluding hydrogens is 214 g/mol. The van der Waals surface area contributed by atoms with Gasteiger partial charge >= 0.3 is 0 Å². The van der Waals surface area contributed by atoms with E-state index in [1.807, 2.05) is 0 Å². The highest BCUT2D eigenvalue weighted by molar-refractivity contribution is 5.90. The third kappa shape index (κ3) is 2.71. The van der Waals surface area contributed by atoms with Crippen LogP contribution in [0.5, 0.6) is 0 Å². The van der Waals surface area contributed by atoms with Crippen molar-refractivity contribution < 1.29 is 9.53 Å². The molecule has 0 aliphatic carbocycles. The molecule has 17 heavy (non-hydrogen) atoms. The van der Waals surface area contributed by atoms with Crippen molar-refractivity contribution in [2.45, 2.75) is 52.5 Å². The Morgan fingerprint density at radius 3 is 2.18 bits per heavy atom. The average Bonchev–Trinajstić information content (AvgIpc) is 2.89. The molecule has 0 amide bonds. The summed E-state index contributed by atoms with van der Waals surface area (Å²) >= 11 is 0. The van der Waals surface area contributed by atoms with Crippen molar-refractivity contribution in [1.82, 2.24) is 4.90 Å². The fraction of sp³-hybridized carbons (Fsp3) is 0.929. The predicted molar refractivity (Wildman–Crippen MR) is 70.2 cm³/mol. The van der Waals surface area contributed by atoms with E-state index in [9.17, 15) is 4.79 Å². The molecule has 0 bridgehead atoms. The van der Waals surface area contributed by atoms with Crippen LogP contribution in [0, 0.1) is 5.92 Å². The lowest BCUT2D eigenvalue weighted by Crippen LogP contribution is -2.56. The number of carbonyl (C=O) groups excluding carboxylic acids is 1. The van der Waals surface area contributed by atoms with E-state index in [1.165, 1.54) is 0 Å². The standard InChI is InChI=1S/C14H27NO2/c1-5-14(6-2,15(7-3)8-4)13(16)12-9-10-17-11-12/h12H,5-11H2,1-4H3. The maximum Gasteiger partial charge on any atom is 0.158 e. The molecule has 1 fully saturated rings. The largest absolute Gasteiger partial charge is 0.381 e. The molecular formula is C14H27NO2. The fourth-order valence-corrected chi connectivity index (χ4v) is 3.15. The zero-order valence-corrected chi connectivity index (χ0v) is 11.8. The molecule has 1 rings (SSSR count). The molecule has 0 aromatic heterocycles. The van der Waals surface area contributed by atoms with Crippen LogP contribution in [0.25, 0.3) is 0 Å². The van der Waals surface area contributed by atoms with Gasteiger partial charge < -0.3 is 4.74 Å². The van der Waals surface area contributed by atoms with E-state index in [0.29, 0.717) is 12.4 Å². The third-order valence-electron chi connectivity index (χ3n) is 4.30. The second-order valence-electron chi connectivity index (χ2n) is 4.84. The molecule has 0 aromatic rings. The summed E-state index contributed by atoms with van der Waals surface area (Å²) in [6.45, 7) is 11.8. The van der Waals surface area contributed by atoms with Crippen LogP contribution in [-0.2, 0) is 9.53 Å². The van der Waals surface area contributed by atoms with E-state index in [1.54, 1.807) is 0 Å². The second-order valence-corrected chi connectivity index (χ2v) is 4.84. The Morgan fingerprint density at radius 2 is 1.82 bits per heavy atom. The minimum Gasteiger partial charge on any atom is -0.381 e. The van der Waals surface area contributed by atoms with Gasteiger partial charge in [-0.2, -0.15) is 0 Å². The quantitative estimate of drug-likeness (QED) is 0.686. The van der Waals surface area contributed by atoms with Crippen LogP contribution in [0.1, 0.15) is 47.0 Å². The fourth-order valence-electron chi connectivity index (χ4n) is 3.15. The van der Waals surface area contributed by atoms with Gasteiger partial charge in [-0.25, -0.2) is 0 Å². The Hall–Kier alpha value is -0.410. The second kappa shape index (κ2) is 6.50. The van der Waals surface area contributed by atoms with Crippen molar-refractivity contribution >= 4 is 5.78 Å². The van der Waals surface area contributed by atoms with E-state index >= 15 is 0 Å². The van der Waals surface area contributed by atoms with Crippen LogP contribution in [-0.4, -0.2) is 42.5 Å². The lowest BCUT2D eigenvalue weighted by atomic mass is 9.79. The molecule has 1 aliphatic heterocycles. The van der Waals surface area contributed by atoms with Crippen molar-refractivity contribution in [2.75, 3.05) is 26.3 Å². The normalized spacial score (nSPS) is 21.1. The lowest BCUT2D eigenvalue weighted by molar-refractivity contribution is -0.136. The number of ether oxygens (including phenoxy) is 1. The Balaban J connectivity index is 2.92. The van der Waals surface area contributed by atoms with Gasteiger partial charge in [-0.3, -0.25) is 9.69 Å². The number of carbonyl (C=O) groups is 1. The summed E-state index contributed by atoms with van der Waals surface area (Å²) in [5, 5.41) is 0. The van der Waals surface area contributed by atoms with Crippen LogP contribution in [0.3, 0.4) is 0 Å². The number of Topliss-reactive ketones (excluding diaryl/α,β-unsaturated/α-hetero) is 1. The van der Waals surface area contributed by atoms with E-state index < -0.39 is 0 Å². The van der Waals surface area contributed by atoms with Crippen LogP contribution < -0.4 is 0 Å². The van der Waals surface area contributed by atoms with Gasteiger partial charge in [0.15, 0.2) is 5.78 Å². The van der Waals surface area contributed by atoms with Gasteiger partial charge in [-0.05, 0) is 32.4 Å². The molecule has 0 spiro atoms. The average molecular weight is 241 g/mol. The summed E-state index contributed by atoms with van der Waals surface area (Å²) in [6.07, 6.45) is 2.71. The summed E-state index contributed by atoms with van der Waals surface area (Å²) in [5.41, 5.74) is -0.262. The first-order chi connectivity index (χ1) is 8.16. The monoisotopic (exact) mass is 241 g/mol. The maximum absolute atomic E-state index is 12.8. The molecule has 3 heteroatoms. The molecule has 0 saturated carbocycles. The summed E-state index contributed by atoms with van der Waals surface area (Å²) in [7, 11) is 0. The lowest BCUT2D eigenvalue weighted by Gasteiger charge is -2.42. The maximum atomic E-state index is 12.8. The van der Waals surface area contributed by atoms with Crippen LogP contribution in [0.2, 0.25) is 0 Å². The Morgan fingerprint density at radius 1 is 1.24 bits per heavy atom. The molecule has 0 radical (unpaired) electrons. The topological polar surface area (TPSA) is 29.5 Å². The van der Waals surface area contributed by atoms with Crippen molar-refractivity contribution in [2.24, 2.45) is 5.92 Å². The van der Waals surface area contributed by atoms with Gasteiger partial charge in [0.25, 0.3) is 0 Å². The van der Waals surface area contributed by atoms with Gasteiger partial charge in [0.2, 0.25) is 0 Å². The third-order valence-corrected chi connectivity index (χ3v) is 4.30. The minimum atomic E-state index is -0.262. The molecule has 0 N–H and O–H groups in total. The van der Waals surface area contributed by atoms with Crippen LogP contribution >= 0.6 is 0 Å². The van der Waals surface area contributed by atoms with E-state index in [2.05, 4.69) is 32.6 Å². The summed E-state index contributed by atoms with van der Waals surface area (Å²) in [5.74, 6) is 0.527. The van der Waals surface area contributed by atoms with Gasteiger partial charge in [0, 0.05) is 12.5 Å². The molecule has 3 nitrogen and oxygen atoms in total. The molecule has 1 atom stereocenters. The summed E-state index contributed by atoms with van der Waals surface area (Å²) in [6, 6.07) is 0. The van der Waals surface area contributed by atoms with Crippen molar-refractivity contribution in [3.8, 4) is 0 Å². The molecule has 0 aromatic carbocycles. The van der Waals surface area contributed by atoms with E-state index in [4.69, 9.17) is 4.74 Å².